The summed E-state index contributed by atoms with van der Waals surface area (Å²) >= 11 is 0. The molecule has 0 radical (unpaired) electrons. The Morgan fingerprint density at radius 2 is 1.74 bits per heavy atom. The SMILES string of the molecule is COc1ccc(OC)c(N(C(=O)CCCC(=O)Nc2ccccn2)[C@H](C(=O)NC2CCCCC2)c2ccc(F)cc2)c1. The lowest BCUT2D eigenvalue weighted by Crippen LogP contribution is -2.47. The summed E-state index contributed by atoms with van der Waals surface area (Å²) in [5.41, 5.74) is 0.767. The molecule has 9 nitrogen and oxygen atoms in total. The maximum absolute atomic E-state index is 14.1. The minimum atomic E-state index is -1.12. The van der Waals surface area contributed by atoms with E-state index in [9.17, 15) is 18.8 Å². The second-order valence-electron chi connectivity index (χ2n) is 10.2. The van der Waals surface area contributed by atoms with Crippen LogP contribution in [-0.4, -0.2) is 43.0 Å². The lowest BCUT2D eigenvalue weighted by Gasteiger charge is -2.34. The van der Waals surface area contributed by atoms with E-state index in [2.05, 4.69) is 15.6 Å². The fourth-order valence-corrected chi connectivity index (χ4v) is 5.15. The highest BCUT2D eigenvalue weighted by atomic mass is 19.1. The number of nitrogens with one attached hydrogen (secondary N) is 2. The van der Waals surface area contributed by atoms with Gasteiger partial charge in [-0.3, -0.25) is 19.3 Å². The fourth-order valence-electron chi connectivity index (χ4n) is 5.15. The number of rotatable bonds is 12. The number of hydrogen-bond donors (Lipinski definition) is 2. The molecule has 222 valence electrons. The first-order valence-corrected chi connectivity index (χ1v) is 14.2. The Kier molecular flexibility index (Phi) is 10.9. The minimum absolute atomic E-state index is 0.0198. The van der Waals surface area contributed by atoms with E-state index in [1.54, 1.807) is 42.6 Å². The van der Waals surface area contributed by atoms with Crippen molar-refractivity contribution in [3.05, 3.63) is 78.2 Å². The molecule has 4 rings (SSSR count). The van der Waals surface area contributed by atoms with E-state index in [1.807, 2.05) is 0 Å². The van der Waals surface area contributed by atoms with Crippen LogP contribution < -0.4 is 25.0 Å². The van der Waals surface area contributed by atoms with Crippen molar-refractivity contribution in [3.8, 4) is 11.5 Å². The second kappa shape index (κ2) is 15.0. The number of carbonyl (C=O) groups is 3. The molecule has 0 unspecified atom stereocenters. The smallest absolute Gasteiger partial charge is 0.248 e. The zero-order chi connectivity index (χ0) is 29.9. The van der Waals surface area contributed by atoms with Gasteiger partial charge in [0.1, 0.15) is 29.2 Å². The molecule has 0 aliphatic heterocycles. The number of amides is 3. The molecule has 1 fully saturated rings. The average molecular weight is 577 g/mol. The summed E-state index contributed by atoms with van der Waals surface area (Å²) in [5.74, 6) is -0.274. The number of pyridine rings is 1. The van der Waals surface area contributed by atoms with E-state index in [1.165, 1.54) is 43.4 Å². The van der Waals surface area contributed by atoms with Crippen LogP contribution in [-0.2, 0) is 14.4 Å². The number of methoxy groups -OCH3 is 2. The highest BCUT2D eigenvalue weighted by Gasteiger charge is 2.35. The molecule has 0 bridgehead atoms. The number of anilines is 2. The predicted molar refractivity (Wildman–Crippen MR) is 158 cm³/mol. The molecule has 1 heterocycles. The summed E-state index contributed by atoms with van der Waals surface area (Å²) in [4.78, 5) is 46.1. The molecular formula is C32H37FN4O5. The van der Waals surface area contributed by atoms with Crippen LogP contribution in [0.1, 0.15) is 63.0 Å². The zero-order valence-electron chi connectivity index (χ0n) is 24.0. The molecule has 3 amide bonds. The molecule has 3 aromatic rings. The van der Waals surface area contributed by atoms with Crippen LogP contribution in [0, 0.1) is 5.82 Å². The van der Waals surface area contributed by atoms with Crippen molar-refractivity contribution < 1.29 is 28.2 Å². The van der Waals surface area contributed by atoms with E-state index in [-0.39, 0.29) is 37.1 Å². The van der Waals surface area contributed by atoms with Gasteiger partial charge in [0.25, 0.3) is 0 Å². The molecule has 0 saturated heterocycles. The third-order valence-electron chi connectivity index (χ3n) is 7.28. The first kappa shape index (κ1) is 30.5. The summed E-state index contributed by atoms with van der Waals surface area (Å²) in [6, 6.07) is 14.6. The minimum Gasteiger partial charge on any atom is -0.497 e. The average Bonchev–Trinajstić information content (AvgIpc) is 3.01. The van der Waals surface area contributed by atoms with E-state index in [0.717, 1.165) is 32.1 Å². The first-order chi connectivity index (χ1) is 20.4. The molecule has 10 heteroatoms. The van der Waals surface area contributed by atoms with Crippen molar-refractivity contribution in [1.82, 2.24) is 10.3 Å². The zero-order valence-corrected chi connectivity index (χ0v) is 24.0. The third-order valence-corrected chi connectivity index (χ3v) is 7.28. The van der Waals surface area contributed by atoms with E-state index < -0.39 is 17.8 Å². The Morgan fingerprint density at radius 3 is 2.40 bits per heavy atom. The summed E-state index contributed by atoms with van der Waals surface area (Å²) in [6.45, 7) is 0. The number of carbonyl (C=O) groups excluding carboxylic acids is 3. The van der Waals surface area contributed by atoms with Crippen molar-refractivity contribution in [1.29, 1.82) is 0 Å². The topological polar surface area (TPSA) is 110 Å². The van der Waals surface area contributed by atoms with Crippen LogP contribution in [0.3, 0.4) is 0 Å². The third kappa shape index (κ3) is 8.05. The summed E-state index contributed by atoms with van der Waals surface area (Å²) < 4.78 is 25.0. The second-order valence-corrected chi connectivity index (χ2v) is 10.2. The van der Waals surface area contributed by atoms with Crippen LogP contribution in [0.4, 0.5) is 15.9 Å². The highest BCUT2D eigenvalue weighted by Crippen LogP contribution is 2.38. The Labute approximate surface area is 245 Å². The van der Waals surface area contributed by atoms with Crippen LogP contribution in [0.25, 0.3) is 0 Å². The van der Waals surface area contributed by atoms with Gasteiger partial charge in [-0.15, -0.1) is 0 Å². The van der Waals surface area contributed by atoms with Gasteiger partial charge in [0, 0.05) is 31.1 Å². The van der Waals surface area contributed by atoms with Gasteiger partial charge in [0.05, 0.1) is 19.9 Å². The maximum atomic E-state index is 14.1. The Morgan fingerprint density at radius 1 is 0.976 bits per heavy atom. The predicted octanol–water partition coefficient (Wildman–Crippen LogP) is 5.57. The van der Waals surface area contributed by atoms with E-state index in [0.29, 0.717) is 28.6 Å². The van der Waals surface area contributed by atoms with Crippen LogP contribution in [0.5, 0.6) is 11.5 Å². The summed E-state index contributed by atoms with van der Waals surface area (Å²) in [6.07, 6.45) is 6.68. The van der Waals surface area contributed by atoms with Gasteiger partial charge in [-0.2, -0.15) is 0 Å². The standard InChI is InChI=1S/C32H37FN4O5/c1-41-25-18-19-27(42-2)26(21-25)37(30(39)13-8-12-29(38)36-28-11-6-7-20-34-28)31(22-14-16-23(33)17-15-22)32(40)35-24-9-4-3-5-10-24/h6-7,11,14-21,24,31H,3-5,8-10,12-13H2,1-2H3,(H,35,40)(H,34,36,38)/t31-/m0/s1. The molecule has 2 aromatic carbocycles. The van der Waals surface area contributed by atoms with Gasteiger partial charge in [0.15, 0.2) is 0 Å². The molecule has 1 saturated carbocycles. The van der Waals surface area contributed by atoms with Crippen LogP contribution in [0.15, 0.2) is 66.9 Å². The molecular weight excluding hydrogens is 539 g/mol. The molecule has 1 atom stereocenters. The summed E-state index contributed by atoms with van der Waals surface area (Å²) in [5, 5.41) is 5.85. The van der Waals surface area contributed by atoms with Crippen molar-refractivity contribution in [2.45, 2.75) is 63.5 Å². The molecule has 1 aromatic heterocycles. The van der Waals surface area contributed by atoms with E-state index in [4.69, 9.17) is 9.47 Å². The van der Waals surface area contributed by atoms with Crippen LogP contribution in [0.2, 0.25) is 0 Å². The van der Waals surface area contributed by atoms with Gasteiger partial charge in [-0.1, -0.05) is 37.5 Å². The van der Waals surface area contributed by atoms with Gasteiger partial charge in [-0.05, 0) is 61.2 Å². The molecule has 0 spiro atoms. The van der Waals surface area contributed by atoms with Crippen molar-refractivity contribution in [2.24, 2.45) is 0 Å². The van der Waals surface area contributed by atoms with E-state index >= 15 is 0 Å². The van der Waals surface area contributed by atoms with Gasteiger partial charge in [-0.25, -0.2) is 9.37 Å². The van der Waals surface area contributed by atoms with Crippen molar-refractivity contribution in [3.63, 3.8) is 0 Å². The molecule has 1 aliphatic rings. The highest BCUT2D eigenvalue weighted by molar-refractivity contribution is 6.03. The van der Waals surface area contributed by atoms with Gasteiger partial charge >= 0.3 is 0 Å². The quantitative estimate of drug-likeness (QED) is 0.292. The molecule has 1 aliphatic carbocycles. The number of nitrogens with zero attached hydrogens (tertiary/aromatic N) is 2. The number of hydrogen-bond acceptors (Lipinski definition) is 6. The summed E-state index contributed by atoms with van der Waals surface area (Å²) in [7, 11) is 2.98. The Balaban J connectivity index is 1.66. The normalized spacial score (nSPS) is 14.0. The monoisotopic (exact) mass is 576 g/mol. The number of benzene rings is 2. The van der Waals surface area contributed by atoms with Gasteiger partial charge < -0.3 is 20.1 Å². The largest absolute Gasteiger partial charge is 0.497 e. The lowest BCUT2D eigenvalue weighted by atomic mass is 9.94. The molecule has 42 heavy (non-hydrogen) atoms. The number of ether oxygens (including phenoxy) is 2. The fraction of sp³-hybridized carbons (Fsp3) is 0.375. The van der Waals surface area contributed by atoms with Crippen molar-refractivity contribution >= 4 is 29.2 Å². The Bertz CT molecular complexity index is 1350. The molecule has 2 N–H and O–H groups in total. The maximum Gasteiger partial charge on any atom is 0.248 e. The first-order valence-electron chi connectivity index (χ1n) is 14.2. The number of aromatic nitrogens is 1. The number of halogens is 1. The lowest BCUT2D eigenvalue weighted by molar-refractivity contribution is -0.127. The Hall–Kier alpha value is -4.47. The van der Waals surface area contributed by atoms with Crippen LogP contribution >= 0.6 is 0 Å². The van der Waals surface area contributed by atoms with Crippen molar-refractivity contribution in [2.75, 3.05) is 24.4 Å². The van der Waals surface area contributed by atoms with Gasteiger partial charge in [0.2, 0.25) is 17.7 Å².